The second-order valence-electron chi connectivity index (χ2n) is 12.6. The summed E-state index contributed by atoms with van der Waals surface area (Å²) in [6, 6.07) is 17.3. The maximum atomic E-state index is 14.2. The molecular formula is C35H38N8O4. The molecule has 12 nitrogen and oxygen atoms in total. The summed E-state index contributed by atoms with van der Waals surface area (Å²) < 4.78 is 9.77. The Labute approximate surface area is 272 Å². The monoisotopic (exact) mass is 634 g/mol. The number of hydrogen-bond donors (Lipinski definition) is 1. The summed E-state index contributed by atoms with van der Waals surface area (Å²) in [4.78, 5) is 56.9. The first kappa shape index (κ1) is 31.5. The van der Waals surface area contributed by atoms with Gasteiger partial charge in [-0.3, -0.25) is 18.5 Å². The van der Waals surface area contributed by atoms with Gasteiger partial charge >= 0.3 is 11.8 Å². The molecule has 0 radical (unpaired) electrons. The van der Waals surface area contributed by atoms with Crippen molar-refractivity contribution in [2.24, 2.45) is 7.05 Å². The zero-order valence-electron chi connectivity index (χ0n) is 27.3. The molecule has 1 N–H and O–H groups in total. The number of aryl methyl sites for hydroxylation is 1. The number of rotatable bonds is 6. The van der Waals surface area contributed by atoms with E-state index in [4.69, 9.17) is 19.7 Å². The lowest BCUT2D eigenvalue weighted by atomic mass is 10.1. The summed E-state index contributed by atoms with van der Waals surface area (Å²) in [5.41, 5.74) is 1.23. The molecule has 47 heavy (non-hydrogen) atoms. The lowest BCUT2D eigenvalue weighted by Crippen LogP contribution is -2.49. The number of carbonyl (C=O) groups excluding carboxylic acids is 1. The number of nitrogens with one attached hydrogen (secondary N) is 1. The standard InChI is InChI=1S/C35H38N8O4/c1-6-7-20-42-29-30(39-32(42)41-19-13-16-24(21-41)36-33(45)47-35(2,3)4)40(5)34(46)43(31(29)44)22-27-37-26-18-12-11-17-25(26)28(38-27)23-14-9-8-10-15-23/h8-12,14-15,17-18,24H,13,16,19-22H2,1-5H3,(H,36,45)/t24-/m1/s1. The van der Waals surface area contributed by atoms with Crippen molar-refractivity contribution >= 4 is 34.1 Å². The van der Waals surface area contributed by atoms with Crippen molar-refractivity contribution in [3.05, 3.63) is 81.3 Å². The number of aromatic nitrogens is 6. The van der Waals surface area contributed by atoms with Crippen LogP contribution in [0.15, 0.2) is 64.2 Å². The zero-order valence-corrected chi connectivity index (χ0v) is 27.3. The molecular weight excluding hydrogens is 596 g/mol. The normalized spacial score (nSPS) is 15.0. The Hall–Kier alpha value is -5.44. The Morgan fingerprint density at radius 2 is 1.77 bits per heavy atom. The molecule has 242 valence electrons. The molecule has 1 atom stereocenters. The van der Waals surface area contributed by atoms with E-state index in [1.807, 2.05) is 80.3 Å². The van der Waals surface area contributed by atoms with E-state index in [0.717, 1.165) is 34.1 Å². The topological polar surface area (TPSA) is 129 Å². The number of piperidine rings is 1. The molecule has 1 aliphatic rings. The SMILES string of the molecule is CC#CCn1c(N2CCC[C@@H](NC(=O)OC(C)(C)C)C2)nc2c1c(=O)n(Cc1nc(-c3ccccc3)c3ccccc3n1)c(=O)n2C. The van der Waals surface area contributed by atoms with Gasteiger partial charge in [-0.25, -0.2) is 19.6 Å². The number of alkyl carbamates (subject to hydrolysis) is 1. The van der Waals surface area contributed by atoms with Crippen LogP contribution in [-0.4, -0.2) is 59.5 Å². The van der Waals surface area contributed by atoms with Crippen LogP contribution in [0.3, 0.4) is 0 Å². The third-order valence-corrected chi connectivity index (χ3v) is 8.05. The van der Waals surface area contributed by atoms with E-state index in [1.165, 1.54) is 4.57 Å². The molecule has 4 heterocycles. The molecule has 0 aliphatic carbocycles. The molecule has 1 fully saturated rings. The van der Waals surface area contributed by atoms with Gasteiger partial charge in [0.1, 0.15) is 11.4 Å². The van der Waals surface area contributed by atoms with Gasteiger partial charge in [0.05, 0.1) is 24.3 Å². The summed E-state index contributed by atoms with van der Waals surface area (Å²) in [6.45, 7) is 8.38. The highest BCUT2D eigenvalue weighted by Gasteiger charge is 2.29. The Morgan fingerprint density at radius 1 is 1.02 bits per heavy atom. The smallest absolute Gasteiger partial charge is 0.407 e. The largest absolute Gasteiger partial charge is 0.444 e. The molecule has 6 rings (SSSR count). The maximum Gasteiger partial charge on any atom is 0.407 e. The highest BCUT2D eigenvalue weighted by Crippen LogP contribution is 2.27. The van der Waals surface area contributed by atoms with E-state index in [-0.39, 0.29) is 30.3 Å². The Morgan fingerprint density at radius 3 is 2.51 bits per heavy atom. The van der Waals surface area contributed by atoms with E-state index in [2.05, 4.69) is 17.2 Å². The van der Waals surface area contributed by atoms with E-state index in [9.17, 15) is 14.4 Å². The van der Waals surface area contributed by atoms with E-state index >= 15 is 0 Å². The summed E-state index contributed by atoms with van der Waals surface area (Å²) in [5.74, 6) is 6.82. The number of para-hydroxylation sites is 1. The number of nitrogens with zero attached hydrogens (tertiary/aromatic N) is 7. The highest BCUT2D eigenvalue weighted by molar-refractivity contribution is 5.92. The maximum absolute atomic E-state index is 14.2. The predicted octanol–water partition coefficient (Wildman–Crippen LogP) is 4.07. The minimum absolute atomic E-state index is 0.127. The molecule has 0 unspecified atom stereocenters. The molecule has 0 saturated carbocycles. The molecule has 5 aromatic rings. The fourth-order valence-electron chi connectivity index (χ4n) is 5.95. The lowest BCUT2D eigenvalue weighted by Gasteiger charge is -2.34. The van der Waals surface area contributed by atoms with Crippen LogP contribution in [0.4, 0.5) is 10.7 Å². The first-order valence-corrected chi connectivity index (χ1v) is 15.7. The predicted molar refractivity (Wildman–Crippen MR) is 181 cm³/mol. The van der Waals surface area contributed by atoms with E-state index < -0.39 is 22.9 Å². The average Bonchev–Trinajstić information content (AvgIpc) is 3.44. The number of ether oxygens (including phenoxy) is 1. The van der Waals surface area contributed by atoms with Crippen molar-refractivity contribution in [2.75, 3.05) is 18.0 Å². The molecule has 0 bridgehead atoms. The van der Waals surface area contributed by atoms with Crippen molar-refractivity contribution in [3.63, 3.8) is 0 Å². The Balaban J connectivity index is 1.42. The van der Waals surface area contributed by atoms with Gasteiger partial charge in [0.2, 0.25) is 5.95 Å². The van der Waals surface area contributed by atoms with Crippen LogP contribution in [0.1, 0.15) is 46.4 Å². The number of carbonyl (C=O) groups is 1. The summed E-state index contributed by atoms with van der Waals surface area (Å²) in [7, 11) is 1.60. The average molecular weight is 635 g/mol. The second-order valence-corrected chi connectivity index (χ2v) is 12.6. The van der Waals surface area contributed by atoms with Gasteiger partial charge in [-0.1, -0.05) is 54.5 Å². The van der Waals surface area contributed by atoms with Crippen LogP contribution < -0.4 is 21.5 Å². The van der Waals surface area contributed by atoms with Crippen molar-refractivity contribution < 1.29 is 9.53 Å². The first-order chi connectivity index (χ1) is 22.5. The van der Waals surface area contributed by atoms with Gasteiger partial charge in [0.25, 0.3) is 5.56 Å². The second kappa shape index (κ2) is 12.7. The van der Waals surface area contributed by atoms with Crippen LogP contribution in [0.5, 0.6) is 0 Å². The van der Waals surface area contributed by atoms with Gasteiger partial charge in [-0.05, 0) is 46.6 Å². The van der Waals surface area contributed by atoms with Gasteiger partial charge in [-0.15, -0.1) is 5.92 Å². The highest BCUT2D eigenvalue weighted by atomic mass is 16.6. The van der Waals surface area contributed by atoms with Gasteiger partial charge in [0, 0.05) is 37.1 Å². The van der Waals surface area contributed by atoms with Crippen LogP contribution in [0.25, 0.3) is 33.3 Å². The van der Waals surface area contributed by atoms with Crippen LogP contribution in [0, 0.1) is 11.8 Å². The molecule has 1 aliphatic heterocycles. The number of fused-ring (bicyclic) bond motifs is 2. The fourth-order valence-corrected chi connectivity index (χ4v) is 5.95. The van der Waals surface area contributed by atoms with E-state index in [1.54, 1.807) is 18.5 Å². The number of benzene rings is 2. The first-order valence-electron chi connectivity index (χ1n) is 15.7. The number of imidazole rings is 1. The number of hydrogen-bond acceptors (Lipinski definition) is 8. The third-order valence-electron chi connectivity index (χ3n) is 8.05. The molecule has 0 spiro atoms. The molecule has 1 saturated heterocycles. The van der Waals surface area contributed by atoms with Crippen LogP contribution >= 0.6 is 0 Å². The van der Waals surface area contributed by atoms with E-state index in [0.29, 0.717) is 30.4 Å². The Bertz CT molecular complexity index is 2150. The number of amides is 1. The minimum Gasteiger partial charge on any atom is -0.444 e. The molecule has 3 aromatic heterocycles. The van der Waals surface area contributed by atoms with Crippen LogP contribution in [0.2, 0.25) is 0 Å². The quantitative estimate of drug-likeness (QED) is 0.277. The van der Waals surface area contributed by atoms with Gasteiger partial charge < -0.3 is 15.0 Å². The van der Waals surface area contributed by atoms with Crippen LogP contribution in [-0.2, 0) is 24.9 Å². The summed E-state index contributed by atoms with van der Waals surface area (Å²) >= 11 is 0. The van der Waals surface area contributed by atoms with Gasteiger partial charge in [0.15, 0.2) is 11.2 Å². The Kier molecular flexibility index (Phi) is 8.56. The lowest BCUT2D eigenvalue weighted by molar-refractivity contribution is 0.0499. The molecule has 12 heteroatoms. The molecule has 2 aromatic carbocycles. The zero-order chi connectivity index (χ0) is 33.3. The summed E-state index contributed by atoms with van der Waals surface area (Å²) in [6.07, 6.45) is 1.08. The van der Waals surface area contributed by atoms with Crippen molar-refractivity contribution in [1.82, 2.24) is 34.0 Å². The minimum atomic E-state index is -0.614. The fraction of sp³-hybridized carbons (Fsp3) is 0.371. The number of anilines is 1. The summed E-state index contributed by atoms with van der Waals surface area (Å²) in [5, 5.41) is 3.84. The molecule has 1 amide bonds. The van der Waals surface area contributed by atoms with Crippen molar-refractivity contribution in [3.8, 4) is 23.1 Å². The third kappa shape index (κ3) is 6.47. The van der Waals surface area contributed by atoms with Crippen molar-refractivity contribution in [1.29, 1.82) is 0 Å². The van der Waals surface area contributed by atoms with Crippen molar-refractivity contribution in [2.45, 2.75) is 65.3 Å². The van der Waals surface area contributed by atoms with Gasteiger partial charge in [-0.2, -0.15) is 4.98 Å².